The number of hydrogen-bond donors (Lipinski definition) is 1. The van der Waals surface area contributed by atoms with Gasteiger partial charge in [-0.15, -0.1) is 11.3 Å². The molecule has 1 aliphatic rings. The molecule has 1 aromatic heterocycles. The second-order valence-corrected chi connectivity index (χ2v) is 7.44. The molecule has 0 unspecified atom stereocenters. The zero-order valence-corrected chi connectivity index (χ0v) is 13.9. The van der Waals surface area contributed by atoms with Gasteiger partial charge in [0.25, 0.3) is 0 Å². The molecule has 2 heterocycles. The summed E-state index contributed by atoms with van der Waals surface area (Å²) in [5.41, 5.74) is 7.17. The van der Waals surface area contributed by atoms with Crippen molar-refractivity contribution in [1.29, 1.82) is 0 Å². The Morgan fingerprint density at radius 2 is 1.80 bits per heavy atom. The minimum absolute atomic E-state index is 0.347. The van der Waals surface area contributed by atoms with Crippen LogP contribution in [0.15, 0.2) is 5.47 Å². The monoisotopic (exact) mass is 294 g/mol. The predicted molar refractivity (Wildman–Crippen MR) is 84.7 cm³/mol. The number of thiazole rings is 1. The average molecular weight is 294 g/mol. The van der Waals surface area contributed by atoms with Gasteiger partial charge in [-0.25, -0.2) is 4.98 Å². The highest BCUT2D eigenvalue weighted by atomic mass is 32.1. The standard InChI is InChI=1S/C14H23BN2O2S/c1-9-10(2)20-12(17-9)7-11(8-16)15-18-13(3,4)14(5,6)19-15/h7H,8,16H2,1-6H3. The molecule has 0 bridgehead atoms. The zero-order valence-electron chi connectivity index (χ0n) is 13.1. The van der Waals surface area contributed by atoms with E-state index >= 15 is 0 Å². The van der Waals surface area contributed by atoms with E-state index in [0.717, 1.165) is 16.2 Å². The lowest BCUT2D eigenvalue weighted by Gasteiger charge is -2.32. The first-order valence-corrected chi connectivity index (χ1v) is 7.68. The molecule has 0 radical (unpaired) electrons. The number of nitrogens with zero attached hydrogens (tertiary/aromatic N) is 1. The van der Waals surface area contributed by atoms with Gasteiger partial charge in [0.1, 0.15) is 5.01 Å². The third kappa shape index (κ3) is 2.84. The molecule has 2 N–H and O–H groups in total. The summed E-state index contributed by atoms with van der Waals surface area (Å²) >= 11 is 1.66. The maximum Gasteiger partial charge on any atom is 0.491 e. The molecule has 0 aromatic carbocycles. The van der Waals surface area contributed by atoms with Crippen molar-refractivity contribution >= 4 is 24.5 Å². The summed E-state index contributed by atoms with van der Waals surface area (Å²) in [6, 6.07) is 0. The smallest absolute Gasteiger partial charge is 0.400 e. The molecule has 0 aliphatic carbocycles. The average Bonchev–Trinajstić information content (AvgIpc) is 2.73. The molecule has 20 heavy (non-hydrogen) atoms. The third-order valence-corrected chi connectivity index (χ3v) is 5.17. The van der Waals surface area contributed by atoms with E-state index in [1.807, 2.05) is 40.7 Å². The van der Waals surface area contributed by atoms with Crippen molar-refractivity contribution < 1.29 is 9.31 Å². The minimum Gasteiger partial charge on any atom is -0.400 e. The Morgan fingerprint density at radius 1 is 1.25 bits per heavy atom. The van der Waals surface area contributed by atoms with Crippen molar-refractivity contribution in [3.63, 3.8) is 0 Å². The van der Waals surface area contributed by atoms with Crippen LogP contribution in [-0.2, 0) is 9.31 Å². The largest absolute Gasteiger partial charge is 0.491 e. The molecule has 110 valence electrons. The number of hydrogen-bond acceptors (Lipinski definition) is 5. The van der Waals surface area contributed by atoms with E-state index in [1.165, 1.54) is 4.88 Å². The van der Waals surface area contributed by atoms with Crippen molar-refractivity contribution in [1.82, 2.24) is 4.98 Å². The van der Waals surface area contributed by atoms with Gasteiger partial charge in [0, 0.05) is 11.4 Å². The van der Waals surface area contributed by atoms with Gasteiger partial charge in [-0.05, 0) is 53.1 Å². The SMILES string of the molecule is Cc1nc(C=C(CN)B2OC(C)(C)C(C)(C)O2)sc1C. The molecule has 1 aliphatic heterocycles. The molecule has 0 saturated carbocycles. The molecule has 1 aromatic rings. The van der Waals surface area contributed by atoms with E-state index in [2.05, 4.69) is 11.9 Å². The van der Waals surface area contributed by atoms with Crippen LogP contribution in [0.3, 0.4) is 0 Å². The number of aromatic nitrogens is 1. The maximum absolute atomic E-state index is 6.03. The summed E-state index contributed by atoms with van der Waals surface area (Å²) in [5, 5.41) is 0.954. The van der Waals surface area contributed by atoms with Crippen LogP contribution in [0.2, 0.25) is 0 Å². The van der Waals surface area contributed by atoms with E-state index < -0.39 is 7.12 Å². The second-order valence-electron chi connectivity index (χ2n) is 6.21. The highest BCUT2D eigenvalue weighted by Crippen LogP contribution is 2.38. The molecule has 0 atom stereocenters. The van der Waals surface area contributed by atoms with E-state index in [1.54, 1.807) is 11.3 Å². The van der Waals surface area contributed by atoms with Gasteiger partial charge in [0.2, 0.25) is 0 Å². The van der Waals surface area contributed by atoms with Gasteiger partial charge in [0.15, 0.2) is 0 Å². The predicted octanol–water partition coefficient (Wildman–Crippen LogP) is 2.73. The fourth-order valence-electron chi connectivity index (χ4n) is 1.94. The van der Waals surface area contributed by atoms with Gasteiger partial charge < -0.3 is 15.0 Å². The van der Waals surface area contributed by atoms with E-state index in [0.29, 0.717) is 6.54 Å². The van der Waals surface area contributed by atoms with Crippen LogP contribution >= 0.6 is 11.3 Å². The molecule has 1 fully saturated rings. The van der Waals surface area contributed by atoms with E-state index in [4.69, 9.17) is 15.0 Å². The van der Waals surface area contributed by atoms with Gasteiger partial charge in [-0.1, -0.05) is 0 Å². The topological polar surface area (TPSA) is 57.4 Å². The van der Waals surface area contributed by atoms with E-state index in [-0.39, 0.29) is 11.2 Å². The number of aryl methyl sites for hydroxylation is 2. The summed E-state index contributed by atoms with van der Waals surface area (Å²) in [7, 11) is -0.394. The molecule has 2 rings (SSSR count). The molecule has 0 spiro atoms. The summed E-state index contributed by atoms with van der Waals surface area (Å²) in [6.45, 7) is 12.6. The summed E-state index contributed by atoms with van der Waals surface area (Å²) in [5.74, 6) is 0. The fourth-order valence-corrected chi connectivity index (χ4v) is 2.84. The van der Waals surface area contributed by atoms with Crippen LogP contribution in [0.4, 0.5) is 0 Å². The molecular formula is C14H23BN2O2S. The Balaban J connectivity index is 2.26. The Bertz CT molecular complexity index is 502. The lowest BCUT2D eigenvalue weighted by molar-refractivity contribution is 0.00578. The Labute approximate surface area is 125 Å². The Kier molecular flexibility index (Phi) is 4.13. The molecule has 0 amide bonds. The quantitative estimate of drug-likeness (QED) is 0.871. The van der Waals surface area contributed by atoms with Crippen LogP contribution in [-0.4, -0.2) is 29.8 Å². The van der Waals surface area contributed by atoms with Crippen molar-refractivity contribution in [2.45, 2.75) is 52.7 Å². The maximum atomic E-state index is 6.03. The molecule has 6 heteroatoms. The van der Waals surface area contributed by atoms with Crippen LogP contribution < -0.4 is 5.73 Å². The minimum atomic E-state index is -0.394. The summed E-state index contributed by atoms with van der Waals surface area (Å²) in [6.07, 6.45) is 1.99. The zero-order chi connectivity index (χ0) is 15.1. The van der Waals surface area contributed by atoms with Gasteiger partial charge in [-0.3, -0.25) is 0 Å². The van der Waals surface area contributed by atoms with Crippen LogP contribution in [0.1, 0.15) is 43.3 Å². The Morgan fingerprint density at radius 3 is 2.20 bits per heavy atom. The molecule has 1 saturated heterocycles. The van der Waals surface area contributed by atoms with Gasteiger partial charge in [-0.2, -0.15) is 0 Å². The van der Waals surface area contributed by atoms with E-state index in [9.17, 15) is 0 Å². The summed E-state index contributed by atoms with van der Waals surface area (Å²) < 4.78 is 12.1. The first-order valence-electron chi connectivity index (χ1n) is 6.86. The van der Waals surface area contributed by atoms with Crippen LogP contribution in [0.5, 0.6) is 0 Å². The first kappa shape index (κ1) is 15.7. The normalized spacial score (nSPS) is 21.6. The molecule has 4 nitrogen and oxygen atoms in total. The summed E-state index contributed by atoms with van der Waals surface area (Å²) in [4.78, 5) is 5.74. The lowest BCUT2D eigenvalue weighted by Crippen LogP contribution is -2.41. The highest BCUT2D eigenvalue weighted by Gasteiger charge is 2.52. The molecular weight excluding hydrogens is 271 g/mol. The lowest BCUT2D eigenvalue weighted by atomic mass is 9.78. The van der Waals surface area contributed by atoms with Crippen LogP contribution in [0.25, 0.3) is 6.08 Å². The second kappa shape index (κ2) is 5.26. The van der Waals surface area contributed by atoms with Crippen molar-refractivity contribution in [2.24, 2.45) is 5.73 Å². The van der Waals surface area contributed by atoms with Gasteiger partial charge in [0.05, 0.1) is 16.9 Å². The van der Waals surface area contributed by atoms with Gasteiger partial charge >= 0.3 is 7.12 Å². The fraction of sp³-hybridized carbons (Fsp3) is 0.643. The van der Waals surface area contributed by atoms with Crippen molar-refractivity contribution in [3.8, 4) is 0 Å². The van der Waals surface area contributed by atoms with Crippen molar-refractivity contribution in [3.05, 3.63) is 21.1 Å². The number of nitrogens with two attached hydrogens (primary N) is 1. The highest BCUT2D eigenvalue weighted by molar-refractivity contribution is 7.12. The Hall–Kier alpha value is -0.685. The first-order chi connectivity index (χ1) is 9.16. The van der Waals surface area contributed by atoms with Crippen LogP contribution in [0, 0.1) is 13.8 Å². The number of rotatable bonds is 3. The third-order valence-electron chi connectivity index (χ3n) is 4.15. The van der Waals surface area contributed by atoms with Crippen molar-refractivity contribution in [2.75, 3.05) is 6.54 Å².